The molecule has 5 fully saturated rings. The second-order valence-electron chi connectivity index (χ2n) is 8.17. The first-order chi connectivity index (χ1) is 9.60. The number of aliphatic hydroxyl groups is 1. The summed E-state index contributed by atoms with van der Waals surface area (Å²) in [7, 11) is 1.98. The first-order valence-electron chi connectivity index (χ1n) is 8.53. The van der Waals surface area contributed by atoms with E-state index >= 15 is 0 Å². The number of rotatable bonds is 3. The van der Waals surface area contributed by atoms with E-state index in [0.29, 0.717) is 29.6 Å². The van der Waals surface area contributed by atoms with E-state index in [-0.39, 0.29) is 6.10 Å². The molecule has 1 N–H and O–H groups in total. The van der Waals surface area contributed by atoms with Crippen molar-refractivity contribution in [1.82, 2.24) is 4.90 Å². The first kappa shape index (κ1) is 13.1. The van der Waals surface area contributed by atoms with Crippen LogP contribution in [0.25, 0.3) is 0 Å². The standard InChI is InChI=1S/C17H27NO2/c1-18(9-12-7-15(19)8-12)17(20)16-13-3-10-2-11(5-13)6-14(16)4-10/h10-16,19H,2-9H2,1H3. The summed E-state index contributed by atoms with van der Waals surface area (Å²) in [6.45, 7) is 0.860. The van der Waals surface area contributed by atoms with Crippen molar-refractivity contribution in [3.63, 3.8) is 0 Å². The van der Waals surface area contributed by atoms with Crippen LogP contribution in [0.15, 0.2) is 0 Å². The Hall–Kier alpha value is -0.570. The largest absolute Gasteiger partial charge is 0.393 e. The normalized spacial score (nSPS) is 49.0. The first-order valence-corrected chi connectivity index (χ1v) is 8.53. The van der Waals surface area contributed by atoms with Crippen LogP contribution in [-0.2, 0) is 4.79 Å². The van der Waals surface area contributed by atoms with E-state index in [1.54, 1.807) is 0 Å². The second-order valence-corrected chi connectivity index (χ2v) is 8.17. The lowest BCUT2D eigenvalue weighted by Crippen LogP contribution is -2.52. The average Bonchev–Trinajstić information content (AvgIpc) is 2.35. The van der Waals surface area contributed by atoms with Gasteiger partial charge in [0.1, 0.15) is 0 Å². The van der Waals surface area contributed by atoms with Crippen LogP contribution in [-0.4, -0.2) is 35.6 Å². The summed E-state index contributed by atoms with van der Waals surface area (Å²) in [6.07, 6.45) is 8.39. The quantitative estimate of drug-likeness (QED) is 0.860. The maximum absolute atomic E-state index is 12.9. The van der Waals surface area contributed by atoms with Gasteiger partial charge < -0.3 is 10.0 Å². The molecule has 0 heterocycles. The lowest BCUT2D eigenvalue weighted by atomic mass is 9.51. The third-order valence-corrected chi connectivity index (χ3v) is 6.63. The van der Waals surface area contributed by atoms with Gasteiger partial charge in [0, 0.05) is 19.5 Å². The van der Waals surface area contributed by atoms with Crippen LogP contribution in [0, 0.1) is 35.5 Å². The van der Waals surface area contributed by atoms with Crippen molar-refractivity contribution in [3.05, 3.63) is 0 Å². The van der Waals surface area contributed by atoms with Gasteiger partial charge in [-0.05, 0) is 74.5 Å². The molecule has 0 atom stereocenters. The summed E-state index contributed by atoms with van der Waals surface area (Å²) >= 11 is 0. The molecule has 5 saturated carbocycles. The molecule has 0 aliphatic heterocycles. The molecule has 1 amide bonds. The molecule has 4 bridgehead atoms. The molecule has 0 aromatic rings. The SMILES string of the molecule is CN(CC1CC(O)C1)C(=O)C1C2CC3CC(C2)CC1C3. The predicted molar refractivity (Wildman–Crippen MR) is 76.9 cm³/mol. The third-order valence-electron chi connectivity index (χ3n) is 6.63. The minimum absolute atomic E-state index is 0.107. The van der Waals surface area contributed by atoms with E-state index in [0.717, 1.165) is 31.2 Å². The monoisotopic (exact) mass is 277 g/mol. The zero-order valence-electron chi connectivity index (χ0n) is 12.5. The van der Waals surface area contributed by atoms with Crippen molar-refractivity contribution >= 4 is 5.91 Å². The minimum atomic E-state index is -0.107. The summed E-state index contributed by atoms with van der Waals surface area (Å²) in [6, 6.07) is 0. The van der Waals surface area contributed by atoms with E-state index in [1.807, 2.05) is 11.9 Å². The summed E-state index contributed by atoms with van der Waals surface area (Å²) in [5.41, 5.74) is 0. The average molecular weight is 277 g/mol. The van der Waals surface area contributed by atoms with Crippen LogP contribution in [0.4, 0.5) is 0 Å². The minimum Gasteiger partial charge on any atom is -0.393 e. The van der Waals surface area contributed by atoms with Crippen LogP contribution < -0.4 is 0 Å². The smallest absolute Gasteiger partial charge is 0.225 e. The van der Waals surface area contributed by atoms with Crippen LogP contribution in [0.2, 0.25) is 0 Å². The fraction of sp³-hybridized carbons (Fsp3) is 0.941. The fourth-order valence-corrected chi connectivity index (χ4v) is 5.91. The highest BCUT2D eigenvalue weighted by atomic mass is 16.3. The molecule has 112 valence electrons. The van der Waals surface area contributed by atoms with Crippen LogP contribution >= 0.6 is 0 Å². The Labute approximate surface area is 121 Å². The van der Waals surface area contributed by atoms with Crippen molar-refractivity contribution in [2.24, 2.45) is 35.5 Å². The van der Waals surface area contributed by atoms with E-state index in [4.69, 9.17) is 0 Å². The van der Waals surface area contributed by atoms with E-state index < -0.39 is 0 Å². The number of carbonyl (C=O) groups excluding carboxylic acids is 1. The topological polar surface area (TPSA) is 40.5 Å². The van der Waals surface area contributed by atoms with Gasteiger partial charge in [-0.3, -0.25) is 4.79 Å². The summed E-state index contributed by atoms with van der Waals surface area (Å²) < 4.78 is 0. The lowest BCUT2D eigenvalue weighted by molar-refractivity contribution is -0.149. The molecule has 0 radical (unpaired) electrons. The summed E-state index contributed by atoms with van der Waals surface area (Å²) in [5.74, 6) is 4.54. The fourth-order valence-electron chi connectivity index (χ4n) is 5.91. The zero-order valence-corrected chi connectivity index (χ0v) is 12.5. The van der Waals surface area contributed by atoms with Gasteiger partial charge >= 0.3 is 0 Å². The van der Waals surface area contributed by atoms with Gasteiger partial charge in [0.2, 0.25) is 5.91 Å². The Kier molecular flexibility index (Phi) is 3.10. The van der Waals surface area contributed by atoms with Crippen LogP contribution in [0.1, 0.15) is 44.9 Å². The molecular formula is C17H27NO2. The van der Waals surface area contributed by atoms with Crippen molar-refractivity contribution in [2.45, 2.75) is 51.0 Å². The van der Waals surface area contributed by atoms with Crippen molar-refractivity contribution < 1.29 is 9.90 Å². The Balaban J connectivity index is 1.40. The Morgan fingerprint density at radius 2 is 1.55 bits per heavy atom. The van der Waals surface area contributed by atoms with Gasteiger partial charge in [0.25, 0.3) is 0 Å². The molecule has 3 nitrogen and oxygen atoms in total. The molecular weight excluding hydrogens is 250 g/mol. The highest BCUT2D eigenvalue weighted by Gasteiger charge is 2.51. The predicted octanol–water partition coefficient (Wildman–Crippen LogP) is 2.29. The maximum Gasteiger partial charge on any atom is 0.225 e. The third kappa shape index (κ3) is 2.09. The van der Waals surface area contributed by atoms with Crippen LogP contribution in [0.5, 0.6) is 0 Å². The Morgan fingerprint density at radius 1 is 1.00 bits per heavy atom. The number of hydrogen-bond donors (Lipinski definition) is 1. The highest BCUT2D eigenvalue weighted by molar-refractivity contribution is 5.79. The molecule has 0 aromatic heterocycles. The molecule has 20 heavy (non-hydrogen) atoms. The van der Waals surface area contributed by atoms with Crippen LogP contribution in [0.3, 0.4) is 0 Å². The van der Waals surface area contributed by atoms with Gasteiger partial charge in [-0.25, -0.2) is 0 Å². The van der Waals surface area contributed by atoms with Gasteiger partial charge in [-0.1, -0.05) is 0 Å². The van der Waals surface area contributed by atoms with E-state index in [1.165, 1.54) is 32.1 Å². The number of carbonyl (C=O) groups is 1. The van der Waals surface area contributed by atoms with Crippen molar-refractivity contribution in [3.8, 4) is 0 Å². The Morgan fingerprint density at radius 3 is 2.05 bits per heavy atom. The van der Waals surface area contributed by atoms with Gasteiger partial charge in [-0.2, -0.15) is 0 Å². The molecule has 0 saturated heterocycles. The molecule has 3 heteroatoms. The number of nitrogens with zero attached hydrogens (tertiary/aromatic N) is 1. The van der Waals surface area contributed by atoms with E-state index in [9.17, 15) is 9.90 Å². The summed E-state index contributed by atoms with van der Waals surface area (Å²) in [5, 5.41) is 9.38. The summed E-state index contributed by atoms with van der Waals surface area (Å²) in [4.78, 5) is 14.8. The molecule has 0 spiro atoms. The Bertz CT molecular complexity index is 374. The van der Waals surface area contributed by atoms with Crippen molar-refractivity contribution in [2.75, 3.05) is 13.6 Å². The maximum atomic E-state index is 12.9. The number of amides is 1. The molecule has 0 unspecified atom stereocenters. The second kappa shape index (κ2) is 4.72. The zero-order chi connectivity index (χ0) is 13.9. The van der Waals surface area contributed by atoms with Gasteiger partial charge in [-0.15, -0.1) is 0 Å². The molecule has 5 aliphatic carbocycles. The molecule has 0 aromatic carbocycles. The number of hydrogen-bond acceptors (Lipinski definition) is 2. The van der Waals surface area contributed by atoms with Crippen molar-refractivity contribution in [1.29, 1.82) is 0 Å². The number of aliphatic hydroxyl groups excluding tert-OH is 1. The lowest BCUT2D eigenvalue weighted by Gasteiger charge is -2.54. The molecule has 5 rings (SSSR count). The van der Waals surface area contributed by atoms with Gasteiger partial charge in [0.15, 0.2) is 0 Å². The highest BCUT2D eigenvalue weighted by Crippen LogP contribution is 2.56. The molecule has 5 aliphatic rings. The van der Waals surface area contributed by atoms with Gasteiger partial charge in [0.05, 0.1) is 6.10 Å². The van der Waals surface area contributed by atoms with E-state index in [2.05, 4.69) is 0 Å².